The largest absolute Gasteiger partial charge is 0.435 e. The van der Waals surface area contributed by atoms with Gasteiger partial charge in [-0.05, 0) is 29.8 Å². The van der Waals surface area contributed by atoms with Gasteiger partial charge < -0.3 is 15.0 Å². The molecule has 1 atom stereocenters. The molecule has 1 aliphatic heterocycles. The second-order valence-corrected chi connectivity index (χ2v) is 6.89. The van der Waals surface area contributed by atoms with E-state index in [-0.39, 0.29) is 37.7 Å². The fraction of sp³-hybridized carbons (Fsp3) is 0.250. The van der Waals surface area contributed by atoms with Crippen LogP contribution in [-0.2, 0) is 11.2 Å². The molecule has 1 fully saturated rings. The molecule has 7 nitrogen and oxygen atoms in total. The van der Waals surface area contributed by atoms with Crippen molar-refractivity contribution in [2.75, 3.05) is 18.4 Å². The number of urea groups is 1. The third-order valence-electron chi connectivity index (χ3n) is 4.59. The zero-order chi connectivity index (χ0) is 21.7. The van der Waals surface area contributed by atoms with Gasteiger partial charge in [-0.25, -0.2) is 4.79 Å². The van der Waals surface area contributed by atoms with Gasteiger partial charge in [0.15, 0.2) is 0 Å². The first-order chi connectivity index (χ1) is 14.3. The third kappa shape index (κ3) is 6.31. The Morgan fingerprint density at radius 2 is 1.74 bits per heavy atom. The van der Waals surface area contributed by atoms with E-state index in [0.717, 1.165) is 10.5 Å². The van der Waals surface area contributed by atoms with Crippen molar-refractivity contribution < 1.29 is 27.9 Å². The van der Waals surface area contributed by atoms with Gasteiger partial charge in [0.1, 0.15) is 11.8 Å². The van der Waals surface area contributed by atoms with Crippen LogP contribution < -0.4 is 10.1 Å². The minimum Gasteiger partial charge on any atom is -0.435 e. The van der Waals surface area contributed by atoms with Gasteiger partial charge in [-0.1, -0.05) is 43.0 Å². The van der Waals surface area contributed by atoms with Crippen molar-refractivity contribution >= 4 is 47.9 Å². The molecule has 1 N–H and O–H groups in total. The molecule has 0 unspecified atom stereocenters. The minimum absolute atomic E-state index is 0. The van der Waals surface area contributed by atoms with Crippen LogP contribution in [0.15, 0.2) is 54.6 Å². The standard InChI is InChI=1S/C20H19F2N3O4S.ClH/c21-18(22)29-15-8-6-14(7-9-15)23-19(27)25-11-10-24(20(28)30)16(17(25)26)12-13-4-2-1-3-5-13;/h1-9,16,18H,10-12H2,(H,23,27)(H,28,30);1H/t16-;/m0./s1. The number of nitrogens with zero attached hydrogens (tertiary/aromatic N) is 2. The van der Waals surface area contributed by atoms with Crippen molar-refractivity contribution in [1.29, 1.82) is 0 Å². The molecule has 1 aliphatic rings. The quantitative estimate of drug-likeness (QED) is 0.645. The highest BCUT2D eigenvalue weighted by Gasteiger charge is 2.39. The van der Waals surface area contributed by atoms with Crippen molar-refractivity contribution in [3.8, 4) is 5.75 Å². The molecular weight excluding hydrogens is 452 g/mol. The van der Waals surface area contributed by atoms with E-state index < -0.39 is 29.8 Å². The number of carbonyl (C=O) groups is 3. The highest BCUT2D eigenvalue weighted by atomic mass is 35.5. The number of amides is 4. The van der Waals surface area contributed by atoms with E-state index >= 15 is 0 Å². The molecule has 0 spiro atoms. The van der Waals surface area contributed by atoms with Crippen molar-refractivity contribution in [1.82, 2.24) is 9.80 Å². The molecular formula is C20H20ClF2N3O4S. The summed E-state index contributed by atoms with van der Waals surface area (Å²) in [6, 6.07) is 12.9. The maximum Gasteiger partial charge on any atom is 0.387 e. The monoisotopic (exact) mass is 471 g/mol. The number of piperazine rings is 1. The van der Waals surface area contributed by atoms with Crippen molar-refractivity contribution in [3.05, 3.63) is 60.2 Å². The number of benzene rings is 2. The Hall–Kier alpha value is -2.85. The SMILES string of the molecule is Cl.O=C(Nc1ccc(OC(F)F)cc1)N1CCN(C(=O)S)[C@@H](Cc2ccccc2)C1=O. The first kappa shape index (κ1) is 24.4. The third-order valence-corrected chi connectivity index (χ3v) is 4.84. The van der Waals surface area contributed by atoms with Crippen LogP contribution in [0.2, 0.25) is 0 Å². The lowest BCUT2D eigenvalue weighted by molar-refractivity contribution is -0.135. The maximum absolute atomic E-state index is 13.0. The van der Waals surface area contributed by atoms with E-state index in [0.29, 0.717) is 5.69 Å². The summed E-state index contributed by atoms with van der Waals surface area (Å²) in [5, 5.41) is 2.01. The van der Waals surface area contributed by atoms with Crippen molar-refractivity contribution in [2.45, 2.75) is 19.1 Å². The van der Waals surface area contributed by atoms with E-state index in [1.807, 2.05) is 30.3 Å². The van der Waals surface area contributed by atoms with E-state index in [1.54, 1.807) is 0 Å². The lowest BCUT2D eigenvalue weighted by atomic mass is 10.0. The molecule has 3 rings (SSSR count). The predicted octanol–water partition coefficient (Wildman–Crippen LogP) is 4.05. The van der Waals surface area contributed by atoms with Gasteiger partial charge in [-0.2, -0.15) is 8.78 Å². The molecule has 1 heterocycles. The minimum atomic E-state index is -2.95. The number of rotatable bonds is 5. The summed E-state index contributed by atoms with van der Waals surface area (Å²) in [5.41, 5.74) is 1.15. The molecule has 0 aliphatic carbocycles. The Balaban J connectivity index is 0.00000341. The summed E-state index contributed by atoms with van der Waals surface area (Å²) in [7, 11) is 0. The lowest BCUT2D eigenvalue weighted by Gasteiger charge is -2.38. The molecule has 4 amide bonds. The highest BCUT2D eigenvalue weighted by Crippen LogP contribution is 2.21. The van der Waals surface area contributed by atoms with Gasteiger partial charge in [0.05, 0.1) is 0 Å². The van der Waals surface area contributed by atoms with Crippen LogP contribution in [0.1, 0.15) is 5.56 Å². The Morgan fingerprint density at radius 3 is 2.32 bits per heavy atom. The van der Waals surface area contributed by atoms with Gasteiger partial charge in [0.2, 0.25) is 0 Å². The Morgan fingerprint density at radius 1 is 1.10 bits per heavy atom. The first-order valence-corrected chi connectivity index (χ1v) is 9.50. The van der Waals surface area contributed by atoms with Crippen LogP contribution >= 0.6 is 25.0 Å². The zero-order valence-electron chi connectivity index (χ0n) is 16.1. The maximum atomic E-state index is 13.0. The van der Waals surface area contributed by atoms with Crippen molar-refractivity contribution in [2.24, 2.45) is 0 Å². The Labute approximate surface area is 189 Å². The number of ether oxygens (including phenoxy) is 1. The van der Waals surface area contributed by atoms with E-state index in [9.17, 15) is 23.2 Å². The number of imide groups is 1. The van der Waals surface area contributed by atoms with E-state index in [4.69, 9.17) is 0 Å². The summed E-state index contributed by atoms with van der Waals surface area (Å²) in [6.45, 7) is -2.79. The van der Waals surface area contributed by atoms with Crippen LogP contribution in [-0.4, -0.2) is 52.7 Å². The molecule has 11 heteroatoms. The highest BCUT2D eigenvalue weighted by molar-refractivity contribution is 7.96. The number of anilines is 1. The number of thiol groups is 1. The van der Waals surface area contributed by atoms with Crippen LogP contribution in [0.5, 0.6) is 5.75 Å². The summed E-state index contributed by atoms with van der Waals surface area (Å²) in [5.74, 6) is -0.578. The smallest absolute Gasteiger partial charge is 0.387 e. The number of halogens is 3. The predicted molar refractivity (Wildman–Crippen MR) is 116 cm³/mol. The summed E-state index contributed by atoms with van der Waals surface area (Å²) < 4.78 is 28.7. The van der Waals surface area contributed by atoms with Crippen LogP contribution in [0.4, 0.5) is 24.1 Å². The van der Waals surface area contributed by atoms with Gasteiger partial charge in [-0.15, -0.1) is 12.4 Å². The van der Waals surface area contributed by atoms with Crippen molar-refractivity contribution in [3.63, 3.8) is 0 Å². The molecule has 2 aromatic carbocycles. The number of hydrogen-bond acceptors (Lipinski definition) is 4. The fourth-order valence-corrected chi connectivity index (χ4v) is 3.40. The topological polar surface area (TPSA) is 79.0 Å². The Bertz CT molecular complexity index is 918. The number of carbonyl (C=O) groups excluding carboxylic acids is 3. The van der Waals surface area contributed by atoms with Gasteiger partial charge in [0.25, 0.3) is 11.1 Å². The molecule has 31 heavy (non-hydrogen) atoms. The van der Waals surface area contributed by atoms with Gasteiger partial charge in [0, 0.05) is 25.2 Å². The second kappa shape index (κ2) is 11.0. The molecule has 0 radical (unpaired) electrons. The molecule has 2 aromatic rings. The van der Waals surface area contributed by atoms with Gasteiger partial charge in [-0.3, -0.25) is 14.5 Å². The average molecular weight is 472 g/mol. The molecule has 1 saturated heterocycles. The summed E-state index contributed by atoms with van der Waals surface area (Å²) >= 11 is 3.85. The molecule has 0 saturated carbocycles. The zero-order valence-corrected chi connectivity index (χ0v) is 17.8. The van der Waals surface area contributed by atoms with E-state index in [2.05, 4.69) is 22.7 Å². The second-order valence-electron chi connectivity index (χ2n) is 6.50. The lowest BCUT2D eigenvalue weighted by Crippen LogP contribution is -2.60. The average Bonchev–Trinajstić information content (AvgIpc) is 2.71. The molecule has 0 aromatic heterocycles. The normalized spacial score (nSPS) is 16.0. The van der Waals surface area contributed by atoms with Crippen LogP contribution in [0, 0.1) is 0 Å². The molecule has 0 bridgehead atoms. The Kier molecular flexibility index (Phi) is 8.64. The number of hydrogen-bond donors (Lipinski definition) is 2. The molecule has 166 valence electrons. The number of alkyl halides is 2. The summed E-state index contributed by atoms with van der Waals surface area (Å²) in [4.78, 5) is 39.9. The summed E-state index contributed by atoms with van der Waals surface area (Å²) in [6.07, 6.45) is 0.245. The van der Waals surface area contributed by atoms with Crippen LogP contribution in [0.3, 0.4) is 0 Å². The number of nitrogens with one attached hydrogen (secondary N) is 1. The van der Waals surface area contributed by atoms with E-state index in [1.165, 1.54) is 29.2 Å². The fourth-order valence-electron chi connectivity index (χ4n) is 3.16. The first-order valence-electron chi connectivity index (χ1n) is 9.06. The van der Waals surface area contributed by atoms with Crippen LogP contribution in [0.25, 0.3) is 0 Å². The van der Waals surface area contributed by atoms with Gasteiger partial charge >= 0.3 is 12.6 Å².